The maximum Gasteiger partial charge on any atom is 0.319 e. The van der Waals surface area contributed by atoms with Crippen LogP contribution in [-0.4, -0.2) is 9.55 Å². The largest absolute Gasteiger partial charge is 0.319 e. The molecule has 0 aromatic carbocycles. The van der Waals surface area contributed by atoms with Gasteiger partial charge in [0.25, 0.3) is 0 Å². The fourth-order valence-corrected chi connectivity index (χ4v) is 2.82. The molecule has 0 radical (unpaired) electrons. The Morgan fingerprint density at radius 1 is 1.47 bits per heavy atom. The summed E-state index contributed by atoms with van der Waals surface area (Å²) in [4.78, 5) is 5.03. The van der Waals surface area contributed by atoms with Crippen LogP contribution < -0.4 is 5.32 Å². The van der Waals surface area contributed by atoms with Crippen LogP contribution in [0, 0.1) is 0 Å². The van der Waals surface area contributed by atoms with Crippen molar-refractivity contribution in [1.82, 2.24) is 14.9 Å². The van der Waals surface area contributed by atoms with Gasteiger partial charge in [-0.25, -0.2) is 4.98 Å². The first kappa shape index (κ1) is 12.7. The second kappa shape index (κ2) is 5.70. The number of nitrogens with one attached hydrogen (secondary N) is 1. The summed E-state index contributed by atoms with van der Waals surface area (Å²) in [6, 6.07) is 2.00. The summed E-state index contributed by atoms with van der Waals surface area (Å²) in [6.07, 6.45) is 2.66. The molecule has 92 valence electrons. The van der Waals surface area contributed by atoms with Crippen molar-refractivity contribution in [3.63, 3.8) is 0 Å². The standard InChI is InChI=1S/C10H10BrF2N3S/c11-7-3-8(17-6-7)4-14-5-9-15-1-2-16(9)10(12)13/h1-3,6,10,14H,4-5H2. The number of hydrogen-bond acceptors (Lipinski definition) is 3. The summed E-state index contributed by atoms with van der Waals surface area (Å²) in [7, 11) is 0. The highest BCUT2D eigenvalue weighted by Crippen LogP contribution is 2.19. The average Bonchev–Trinajstić information content (AvgIpc) is 2.87. The molecule has 0 aliphatic heterocycles. The Balaban J connectivity index is 1.88. The Morgan fingerprint density at radius 3 is 2.94 bits per heavy atom. The molecule has 1 N–H and O–H groups in total. The van der Waals surface area contributed by atoms with Crippen molar-refractivity contribution in [2.45, 2.75) is 19.6 Å². The third kappa shape index (κ3) is 3.34. The molecule has 0 spiro atoms. The Bertz CT molecular complexity index is 483. The lowest BCUT2D eigenvalue weighted by atomic mass is 10.4. The number of imidazole rings is 1. The summed E-state index contributed by atoms with van der Waals surface area (Å²) in [5.41, 5.74) is 0. The minimum atomic E-state index is -2.54. The van der Waals surface area contributed by atoms with Crippen LogP contribution in [0.2, 0.25) is 0 Å². The van der Waals surface area contributed by atoms with E-state index in [9.17, 15) is 8.78 Å². The Labute approximate surface area is 110 Å². The molecule has 3 nitrogen and oxygen atoms in total. The zero-order valence-electron chi connectivity index (χ0n) is 8.74. The number of nitrogens with zero attached hydrogens (tertiary/aromatic N) is 2. The van der Waals surface area contributed by atoms with Crippen LogP contribution in [0.1, 0.15) is 17.3 Å². The normalized spacial score (nSPS) is 11.3. The van der Waals surface area contributed by atoms with Gasteiger partial charge in [-0.15, -0.1) is 11.3 Å². The van der Waals surface area contributed by atoms with Crippen molar-refractivity contribution in [3.8, 4) is 0 Å². The molecule has 17 heavy (non-hydrogen) atoms. The van der Waals surface area contributed by atoms with E-state index in [1.165, 1.54) is 12.4 Å². The molecule has 0 atom stereocenters. The number of thiophene rings is 1. The van der Waals surface area contributed by atoms with Crippen LogP contribution >= 0.6 is 27.3 Å². The molecule has 2 aromatic heterocycles. The number of alkyl halides is 2. The lowest BCUT2D eigenvalue weighted by molar-refractivity contribution is 0.0666. The van der Waals surface area contributed by atoms with Crippen molar-refractivity contribution in [3.05, 3.63) is 39.0 Å². The number of hydrogen-bond donors (Lipinski definition) is 1. The van der Waals surface area contributed by atoms with Crippen LogP contribution in [0.3, 0.4) is 0 Å². The van der Waals surface area contributed by atoms with Gasteiger partial charge >= 0.3 is 6.55 Å². The zero-order valence-corrected chi connectivity index (χ0v) is 11.1. The van der Waals surface area contributed by atoms with Gasteiger partial charge in [-0.1, -0.05) is 0 Å². The highest BCUT2D eigenvalue weighted by Gasteiger charge is 2.10. The Hall–Kier alpha value is -0.790. The van der Waals surface area contributed by atoms with E-state index < -0.39 is 6.55 Å². The fraction of sp³-hybridized carbons (Fsp3) is 0.300. The number of halogens is 3. The van der Waals surface area contributed by atoms with Gasteiger partial charge in [0.2, 0.25) is 0 Å². The van der Waals surface area contributed by atoms with E-state index in [4.69, 9.17) is 0 Å². The third-order valence-electron chi connectivity index (χ3n) is 2.16. The van der Waals surface area contributed by atoms with Gasteiger partial charge in [0.15, 0.2) is 0 Å². The SMILES string of the molecule is FC(F)n1ccnc1CNCc1cc(Br)cs1. The molecular weight excluding hydrogens is 312 g/mol. The van der Waals surface area contributed by atoms with Crippen molar-refractivity contribution in [1.29, 1.82) is 0 Å². The van der Waals surface area contributed by atoms with Gasteiger partial charge in [0, 0.05) is 33.7 Å². The highest BCUT2D eigenvalue weighted by molar-refractivity contribution is 9.10. The van der Waals surface area contributed by atoms with Gasteiger partial charge in [-0.2, -0.15) is 8.78 Å². The molecular formula is C10H10BrF2N3S. The van der Waals surface area contributed by atoms with Crippen LogP contribution in [0.25, 0.3) is 0 Å². The van der Waals surface area contributed by atoms with Crippen molar-refractivity contribution in [2.24, 2.45) is 0 Å². The topological polar surface area (TPSA) is 29.9 Å². The predicted octanol–water partition coefficient (Wildman–Crippen LogP) is 3.39. The first-order chi connectivity index (χ1) is 8.16. The second-order valence-corrected chi connectivity index (χ2v) is 5.27. The molecule has 0 aliphatic carbocycles. The second-order valence-electron chi connectivity index (χ2n) is 3.36. The molecule has 0 aliphatic rings. The smallest absolute Gasteiger partial charge is 0.305 e. The first-order valence-corrected chi connectivity index (χ1v) is 6.57. The Kier molecular flexibility index (Phi) is 4.25. The van der Waals surface area contributed by atoms with Gasteiger partial charge in [-0.05, 0) is 22.0 Å². The Morgan fingerprint density at radius 2 is 2.29 bits per heavy atom. The maximum absolute atomic E-state index is 12.5. The summed E-state index contributed by atoms with van der Waals surface area (Å²) in [6.45, 7) is -1.57. The summed E-state index contributed by atoms with van der Waals surface area (Å²) in [5, 5.41) is 5.07. The van der Waals surface area contributed by atoms with Crippen molar-refractivity contribution >= 4 is 27.3 Å². The van der Waals surface area contributed by atoms with Gasteiger partial charge < -0.3 is 5.32 Å². The third-order valence-corrected chi connectivity index (χ3v) is 3.86. The molecule has 0 fully saturated rings. The molecule has 2 heterocycles. The molecule has 0 bridgehead atoms. The molecule has 2 aromatic rings. The van der Waals surface area contributed by atoms with Crippen molar-refractivity contribution < 1.29 is 8.78 Å². The summed E-state index contributed by atoms with van der Waals surface area (Å²) in [5.74, 6) is 0.343. The van der Waals surface area contributed by atoms with Gasteiger partial charge in [-0.3, -0.25) is 4.57 Å². The predicted molar refractivity (Wildman–Crippen MR) is 66.0 cm³/mol. The first-order valence-electron chi connectivity index (χ1n) is 4.90. The van der Waals surface area contributed by atoms with E-state index in [2.05, 4.69) is 26.2 Å². The van der Waals surface area contributed by atoms with E-state index in [0.717, 1.165) is 13.9 Å². The zero-order chi connectivity index (χ0) is 12.3. The molecule has 2 rings (SSSR count). The molecule has 0 saturated heterocycles. The van der Waals surface area contributed by atoms with E-state index in [-0.39, 0.29) is 0 Å². The van der Waals surface area contributed by atoms with E-state index in [1.807, 2.05) is 11.4 Å². The summed E-state index contributed by atoms with van der Waals surface area (Å²) < 4.78 is 26.9. The minimum absolute atomic E-state index is 0.326. The summed E-state index contributed by atoms with van der Waals surface area (Å²) >= 11 is 4.97. The quantitative estimate of drug-likeness (QED) is 0.914. The van der Waals surface area contributed by atoms with Crippen LogP contribution in [0.15, 0.2) is 28.3 Å². The van der Waals surface area contributed by atoms with Gasteiger partial charge in [0.1, 0.15) is 5.82 Å². The molecule has 0 amide bonds. The van der Waals surface area contributed by atoms with Crippen molar-refractivity contribution in [2.75, 3.05) is 0 Å². The fourth-order valence-electron chi connectivity index (χ4n) is 1.40. The van der Waals surface area contributed by atoms with Crippen LogP contribution in [0.5, 0.6) is 0 Å². The maximum atomic E-state index is 12.5. The molecule has 7 heteroatoms. The molecule has 0 saturated carbocycles. The average molecular weight is 322 g/mol. The lowest BCUT2D eigenvalue weighted by Gasteiger charge is -2.06. The minimum Gasteiger partial charge on any atom is -0.305 e. The van der Waals surface area contributed by atoms with Crippen LogP contribution in [0.4, 0.5) is 8.78 Å². The monoisotopic (exact) mass is 321 g/mol. The number of aromatic nitrogens is 2. The van der Waals surface area contributed by atoms with E-state index in [0.29, 0.717) is 18.9 Å². The lowest BCUT2D eigenvalue weighted by Crippen LogP contribution is -2.16. The van der Waals surface area contributed by atoms with E-state index in [1.54, 1.807) is 11.3 Å². The van der Waals surface area contributed by atoms with Gasteiger partial charge in [0.05, 0.1) is 6.54 Å². The number of rotatable bonds is 5. The van der Waals surface area contributed by atoms with Crippen LogP contribution in [-0.2, 0) is 13.1 Å². The molecule has 0 unspecified atom stereocenters. The van der Waals surface area contributed by atoms with E-state index >= 15 is 0 Å². The highest BCUT2D eigenvalue weighted by atomic mass is 79.9.